The van der Waals surface area contributed by atoms with Gasteiger partial charge in [0.05, 0.1) is 5.69 Å². The molecule has 0 aliphatic rings. The number of hydrogen-bond donors (Lipinski definition) is 1. The highest BCUT2D eigenvalue weighted by molar-refractivity contribution is 5.90. The van der Waals surface area contributed by atoms with Crippen molar-refractivity contribution in [3.05, 3.63) is 45.6 Å². The van der Waals surface area contributed by atoms with Crippen molar-refractivity contribution < 1.29 is 4.79 Å². The van der Waals surface area contributed by atoms with Crippen molar-refractivity contribution in [1.29, 1.82) is 0 Å². The van der Waals surface area contributed by atoms with Gasteiger partial charge in [0.2, 0.25) is 5.91 Å². The number of nitrogens with one attached hydrogen (secondary N) is 1. The van der Waals surface area contributed by atoms with Crippen LogP contribution >= 0.6 is 0 Å². The van der Waals surface area contributed by atoms with Gasteiger partial charge in [-0.3, -0.25) is 14.3 Å². The lowest BCUT2D eigenvalue weighted by atomic mass is 10.1. The maximum Gasteiger partial charge on any atom is 0.274 e. The number of aromatic nitrogens is 3. The Morgan fingerprint density at radius 3 is 2.67 bits per heavy atom. The highest BCUT2D eigenvalue weighted by Gasteiger charge is 2.12. The third-order valence-corrected chi connectivity index (χ3v) is 3.66. The fourth-order valence-corrected chi connectivity index (χ4v) is 2.32. The number of carbonyl (C=O) groups is 1. The van der Waals surface area contributed by atoms with Gasteiger partial charge in [0.1, 0.15) is 5.69 Å². The molecule has 0 radical (unpaired) electrons. The number of nitrogens with zero attached hydrogens (tertiary/aromatic N) is 3. The molecule has 0 spiro atoms. The smallest absolute Gasteiger partial charge is 0.274 e. The minimum atomic E-state index is -0.209. The van der Waals surface area contributed by atoms with E-state index >= 15 is 0 Å². The Balaban J connectivity index is 2.03. The maximum absolute atomic E-state index is 12.0. The van der Waals surface area contributed by atoms with Gasteiger partial charge in [0.15, 0.2) is 0 Å². The molecular weight excluding hydrogens is 268 g/mol. The predicted octanol–water partition coefficient (Wildman–Crippen LogP) is 1.31. The van der Waals surface area contributed by atoms with Crippen molar-refractivity contribution in [2.45, 2.75) is 26.7 Å². The SMILES string of the molecule is Cc1nn(C)c(C)c1CCC(=O)Nc1cccn(C)c1=O. The molecule has 2 aromatic heterocycles. The average molecular weight is 288 g/mol. The summed E-state index contributed by atoms with van der Waals surface area (Å²) in [6, 6.07) is 3.34. The molecule has 2 rings (SSSR count). The summed E-state index contributed by atoms with van der Waals surface area (Å²) >= 11 is 0. The first-order chi connectivity index (χ1) is 9.90. The van der Waals surface area contributed by atoms with Crippen LogP contribution in [0.4, 0.5) is 5.69 Å². The van der Waals surface area contributed by atoms with Crippen molar-refractivity contribution >= 4 is 11.6 Å². The molecule has 6 nitrogen and oxygen atoms in total. The van der Waals surface area contributed by atoms with Crippen LogP contribution in [0.3, 0.4) is 0 Å². The Morgan fingerprint density at radius 1 is 1.33 bits per heavy atom. The molecule has 0 atom stereocenters. The zero-order chi connectivity index (χ0) is 15.6. The van der Waals surface area contributed by atoms with Crippen LogP contribution < -0.4 is 10.9 Å². The molecule has 112 valence electrons. The lowest BCUT2D eigenvalue weighted by molar-refractivity contribution is -0.116. The van der Waals surface area contributed by atoms with Crippen LogP contribution in [0.25, 0.3) is 0 Å². The number of rotatable bonds is 4. The van der Waals surface area contributed by atoms with Crippen molar-refractivity contribution in [2.24, 2.45) is 14.1 Å². The van der Waals surface area contributed by atoms with Gasteiger partial charge in [-0.25, -0.2) is 0 Å². The summed E-state index contributed by atoms with van der Waals surface area (Å²) in [5, 5.41) is 7.00. The molecule has 1 amide bonds. The van der Waals surface area contributed by atoms with Gasteiger partial charge >= 0.3 is 0 Å². The largest absolute Gasteiger partial charge is 0.321 e. The van der Waals surface area contributed by atoms with E-state index in [-0.39, 0.29) is 11.5 Å². The van der Waals surface area contributed by atoms with Crippen LogP contribution in [0.2, 0.25) is 0 Å². The van der Waals surface area contributed by atoms with Crippen molar-refractivity contribution in [1.82, 2.24) is 14.3 Å². The molecule has 21 heavy (non-hydrogen) atoms. The molecular formula is C15H20N4O2. The highest BCUT2D eigenvalue weighted by atomic mass is 16.2. The van der Waals surface area contributed by atoms with Gasteiger partial charge in [-0.2, -0.15) is 5.10 Å². The average Bonchev–Trinajstić information content (AvgIpc) is 2.67. The van der Waals surface area contributed by atoms with E-state index in [0.29, 0.717) is 18.5 Å². The van der Waals surface area contributed by atoms with E-state index < -0.39 is 0 Å². The fourth-order valence-electron chi connectivity index (χ4n) is 2.32. The molecule has 0 aliphatic carbocycles. The molecule has 2 aromatic rings. The van der Waals surface area contributed by atoms with E-state index in [2.05, 4.69) is 10.4 Å². The van der Waals surface area contributed by atoms with Gasteiger partial charge in [-0.05, 0) is 38.0 Å². The normalized spacial score (nSPS) is 10.7. The Morgan fingerprint density at radius 2 is 2.05 bits per heavy atom. The predicted molar refractivity (Wildman–Crippen MR) is 81.3 cm³/mol. The number of hydrogen-bond acceptors (Lipinski definition) is 3. The van der Waals surface area contributed by atoms with Crippen LogP contribution in [0, 0.1) is 13.8 Å². The fraction of sp³-hybridized carbons (Fsp3) is 0.400. The second kappa shape index (κ2) is 5.95. The number of carbonyl (C=O) groups excluding carboxylic acids is 1. The molecule has 0 aromatic carbocycles. The highest BCUT2D eigenvalue weighted by Crippen LogP contribution is 2.14. The summed E-state index contributed by atoms with van der Waals surface area (Å²) in [6.07, 6.45) is 2.59. The van der Waals surface area contributed by atoms with Crippen molar-refractivity contribution in [3.8, 4) is 0 Å². The minimum absolute atomic E-state index is 0.166. The van der Waals surface area contributed by atoms with Crippen molar-refractivity contribution in [2.75, 3.05) is 5.32 Å². The summed E-state index contributed by atoms with van der Waals surface area (Å²) in [5.74, 6) is -0.166. The lowest BCUT2D eigenvalue weighted by Gasteiger charge is -2.06. The van der Waals surface area contributed by atoms with E-state index in [9.17, 15) is 9.59 Å². The van der Waals surface area contributed by atoms with E-state index in [1.165, 1.54) is 4.57 Å². The molecule has 0 fully saturated rings. The summed E-state index contributed by atoms with van der Waals surface area (Å²) in [7, 11) is 3.54. The first kappa shape index (κ1) is 15.0. The second-order valence-corrected chi connectivity index (χ2v) is 5.16. The minimum Gasteiger partial charge on any atom is -0.321 e. The van der Waals surface area contributed by atoms with Crippen LogP contribution in [0.15, 0.2) is 23.1 Å². The van der Waals surface area contributed by atoms with Gasteiger partial charge in [0, 0.05) is 32.4 Å². The standard InChI is InChI=1S/C15H20N4O2/c1-10-12(11(2)19(4)17-10)7-8-14(20)16-13-6-5-9-18(3)15(13)21/h5-6,9H,7-8H2,1-4H3,(H,16,20). The molecule has 0 saturated carbocycles. The molecule has 0 unspecified atom stereocenters. The Hall–Kier alpha value is -2.37. The molecule has 0 aliphatic heterocycles. The van der Waals surface area contributed by atoms with E-state index in [1.807, 2.05) is 25.6 Å². The number of anilines is 1. The van der Waals surface area contributed by atoms with E-state index in [4.69, 9.17) is 0 Å². The lowest BCUT2D eigenvalue weighted by Crippen LogP contribution is -2.23. The van der Waals surface area contributed by atoms with Gasteiger partial charge in [-0.1, -0.05) is 0 Å². The Kier molecular flexibility index (Phi) is 4.26. The Labute approximate surface area is 123 Å². The summed E-state index contributed by atoms with van der Waals surface area (Å²) < 4.78 is 3.25. The number of pyridine rings is 1. The molecule has 0 saturated heterocycles. The van der Waals surface area contributed by atoms with Gasteiger partial charge in [0.25, 0.3) is 5.56 Å². The van der Waals surface area contributed by atoms with Gasteiger partial charge in [-0.15, -0.1) is 0 Å². The first-order valence-electron chi connectivity index (χ1n) is 6.84. The summed E-state index contributed by atoms with van der Waals surface area (Å²) in [5.41, 5.74) is 3.20. The molecule has 2 heterocycles. The molecule has 0 bridgehead atoms. The van der Waals surface area contributed by atoms with Crippen LogP contribution in [-0.2, 0) is 25.3 Å². The zero-order valence-corrected chi connectivity index (χ0v) is 12.8. The summed E-state index contributed by atoms with van der Waals surface area (Å²) in [6.45, 7) is 3.92. The Bertz CT molecular complexity index is 728. The maximum atomic E-state index is 12.0. The van der Waals surface area contributed by atoms with E-state index in [0.717, 1.165) is 17.0 Å². The van der Waals surface area contributed by atoms with Crippen LogP contribution in [-0.4, -0.2) is 20.3 Å². The topological polar surface area (TPSA) is 68.9 Å². The zero-order valence-electron chi connectivity index (χ0n) is 12.8. The van der Waals surface area contributed by atoms with E-state index in [1.54, 1.807) is 25.4 Å². The molecule has 6 heteroatoms. The monoisotopic (exact) mass is 288 g/mol. The van der Waals surface area contributed by atoms with Crippen LogP contribution in [0.5, 0.6) is 0 Å². The number of aryl methyl sites for hydroxylation is 3. The second-order valence-electron chi connectivity index (χ2n) is 5.16. The van der Waals surface area contributed by atoms with Crippen LogP contribution in [0.1, 0.15) is 23.4 Å². The molecule has 1 N–H and O–H groups in total. The quantitative estimate of drug-likeness (QED) is 0.922. The number of amides is 1. The third kappa shape index (κ3) is 3.21. The third-order valence-electron chi connectivity index (χ3n) is 3.66. The van der Waals surface area contributed by atoms with Gasteiger partial charge < -0.3 is 9.88 Å². The summed E-state index contributed by atoms with van der Waals surface area (Å²) in [4.78, 5) is 23.8. The van der Waals surface area contributed by atoms with Crippen molar-refractivity contribution in [3.63, 3.8) is 0 Å². The first-order valence-corrected chi connectivity index (χ1v) is 6.84.